The Hall–Kier alpha value is -2.07. The van der Waals surface area contributed by atoms with Crippen LogP contribution in [0.4, 0.5) is 11.4 Å². The highest BCUT2D eigenvalue weighted by Crippen LogP contribution is 2.38. The Bertz CT molecular complexity index is 652. The first-order valence-corrected chi connectivity index (χ1v) is 8.08. The van der Waals surface area contributed by atoms with Crippen LogP contribution >= 0.6 is 0 Å². The number of ether oxygens (including phenoxy) is 1. The first-order chi connectivity index (χ1) is 10.9. The Kier molecular flexibility index (Phi) is 3.69. The van der Waals surface area contributed by atoms with E-state index >= 15 is 0 Å². The molecule has 22 heavy (non-hydrogen) atoms. The molecule has 1 aromatic heterocycles. The van der Waals surface area contributed by atoms with Crippen LogP contribution in [0.25, 0.3) is 0 Å². The summed E-state index contributed by atoms with van der Waals surface area (Å²) >= 11 is 0. The van der Waals surface area contributed by atoms with E-state index in [0.29, 0.717) is 12.6 Å². The maximum absolute atomic E-state index is 6.03. The molecule has 0 saturated carbocycles. The zero-order chi connectivity index (χ0) is 14.8. The van der Waals surface area contributed by atoms with Crippen LogP contribution in [-0.4, -0.2) is 30.7 Å². The molecular weight excluding hydrogens is 274 g/mol. The Morgan fingerprint density at radius 3 is 3.00 bits per heavy atom. The average molecular weight is 295 g/mol. The molecule has 1 aromatic carbocycles. The number of para-hydroxylation sites is 1. The third-order valence-corrected chi connectivity index (χ3v) is 4.51. The number of hydrogen-bond acceptors (Lipinski definition) is 4. The van der Waals surface area contributed by atoms with E-state index in [4.69, 9.17) is 4.74 Å². The van der Waals surface area contributed by atoms with E-state index in [1.165, 1.54) is 24.1 Å². The van der Waals surface area contributed by atoms with E-state index in [1.807, 2.05) is 12.3 Å². The van der Waals surface area contributed by atoms with Gasteiger partial charge in [-0.1, -0.05) is 18.2 Å². The van der Waals surface area contributed by atoms with Crippen LogP contribution in [0.5, 0.6) is 5.88 Å². The molecule has 0 unspecified atom stereocenters. The fourth-order valence-electron chi connectivity index (χ4n) is 3.37. The highest BCUT2D eigenvalue weighted by molar-refractivity contribution is 5.72. The van der Waals surface area contributed by atoms with Gasteiger partial charge in [0.1, 0.15) is 12.3 Å². The molecule has 1 N–H and O–H groups in total. The molecule has 0 radical (unpaired) electrons. The zero-order valence-electron chi connectivity index (χ0n) is 12.7. The van der Waals surface area contributed by atoms with Gasteiger partial charge in [0.05, 0.1) is 0 Å². The number of pyridine rings is 1. The third kappa shape index (κ3) is 2.55. The van der Waals surface area contributed by atoms with E-state index < -0.39 is 0 Å². The molecule has 4 rings (SSSR count). The predicted octanol–water partition coefficient (Wildman–Crippen LogP) is 2.91. The number of aromatic nitrogens is 1. The number of fused-ring (bicyclic) bond motifs is 1. The molecule has 2 aliphatic rings. The standard InChI is InChI=1S/C18H21N3O/c1-2-7-16-14(5-1)9-12-21(16)17-8-4-11-20-18(17)22-13-15-6-3-10-19-15/h1-2,4-5,7-8,11,15,19H,3,6,9-10,12-13H2/t15-/m0/s1. The molecule has 3 heterocycles. The van der Waals surface area contributed by atoms with Crippen molar-refractivity contribution in [1.82, 2.24) is 10.3 Å². The number of rotatable bonds is 4. The lowest BCUT2D eigenvalue weighted by Crippen LogP contribution is -2.28. The van der Waals surface area contributed by atoms with Gasteiger partial charge in [-0.2, -0.15) is 0 Å². The highest BCUT2D eigenvalue weighted by atomic mass is 16.5. The summed E-state index contributed by atoms with van der Waals surface area (Å²) in [5, 5.41) is 3.47. The minimum atomic E-state index is 0.459. The van der Waals surface area contributed by atoms with Gasteiger partial charge in [0.15, 0.2) is 0 Å². The van der Waals surface area contributed by atoms with Gasteiger partial charge in [0.2, 0.25) is 5.88 Å². The SMILES string of the molecule is c1ccc2c(c1)CCN2c1cccnc1OC[C@@H]1CCCN1. The number of nitrogens with zero attached hydrogens (tertiary/aromatic N) is 2. The first kappa shape index (κ1) is 13.6. The quantitative estimate of drug-likeness (QED) is 0.941. The third-order valence-electron chi connectivity index (χ3n) is 4.51. The lowest BCUT2D eigenvalue weighted by molar-refractivity contribution is 0.268. The minimum absolute atomic E-state index is 0.459. The lowest BCUT2D eigenvalue weighted by atomic mass is 10.2. The average Bonchev–Trinajstić information content (AvgIpc) is 3.23. The van der Waals surface area contributed by atoms with Gasteiger partial charge in [0, 0.05) is 24.5 Å². The van der Waals surface area contributed by atoms with E-state index in [0.717, 1.165) is 31.1 Å². The minimum Gasteiger partial charge on any atom is -0.475 e. The molecule has 0 amide bonds. The molecular formula is C18H21N3O. The Labute approximate surface area is 131 Å². The fourth-order valence-corrected chi connectivity index (χ4v) is 3.37. The van der Waals surface area contributed by atoms with Crippen molar-refractivity contribution >= 4 is 11.4 Å². The molecule has 0 bridgehead atoms. The molecule has 114 valence electrons. The Balaban J connectivity index is 1.57. The molecule has 4 heteroatoms. The van der Waals surface area contributed by atoms with Crippen LogP contribution in [0.15, 0.2) is 42.6 Å². The van der Waals surface area contributed by atoms with Crippen molar-refractivity contribution in [3.8, 4) is 5.88 Å². The second-order valence-electron chi connectivity index (χ2n) is 5.96. The van der Waals surface area contributed by atoms with Crippen LogP contribution in [0, 0.1) is 0 Å². The number of anilines is 2. The van der Waals surface area contributed by atoms with Gasteiger partial charge in [-0.05, 0) is 49.6 Å². The molecule has 1 atom stereocenters. The monoisotopic (exact) mass is 295 g/mol. The van der Waals surface area contributed by atoms with Crippen molar-refractivity contribution in [2.45, 2.75) is 25.3 Å². The predicted molar refractivity (Wildman–Crippen MR) is 87.9 cm³/mol. The van der Waals surface area contributed by atoms with Crippen molar-refractivity contribution in [3.63, 3.8) is 0 Å². The lowest BCUT2D eigenvalue weighted by Gasteiger charge is -2.22. The summed E-state index contributed by atoms with van der Waals surface area (Å²) in [4.78, 5) is 6.78. The summed E-state index contributed by atoms with van der Waals surface area (Å²) in [6.45, 7) is 2.78. The van der Waals surface area contributed by atoms with E-state index in [-0.39, 0.29) is 0 Å². The summed E-state index contributed by atoms with van der Waals surface area (Å²) in [6.07, 6.45) is 5.31. The molecule has 2 aromatic rings. The van der Waals surface area contributed by atoms with Gasteiger partial charge < -0.3 is 15.0 Å². The second-order valence-corrected chi connectivity index (χ2v) is 5.96. The summed E-state index contributed by atoms with van der Waals surface area (Å²) in [5.41, 5.74) is 3.75. The van der Waals surface area contributed by atoms with Crippen LogP contribution < -0.4 is 15.0 Å². The van der Waals surface area contributed by atoms with E-state index in [9.17, 15) is 0 Å². The van der Waals surface area contributed by atoms with Gasteiger partial charge in [-0.15, -0.1) is 0 Å². The first-order valence-electron chi connectivity index (χ1n) is 8.08. The fraction of sp³-hybridized carbons (Fsp3) is 0.389. The number of nitrogens with one attached hydrogen (secondary N) is 1. The summed E-state index contributed by atoms with van der Waals surface area (Å²) in [7, 11) is 0. The zero-order valence-corrected chi connectivity index (χ0v) is 12.7. The van der Waals surface area contributed by atoms with Crippen molar-refractivity contribution in [3.05, 3.63) is 48.2 Å². The van der Waals surface area contributed by atoms with Crippen molar-refractivity contribution in [2.75, 3.05) is 24.6 Å². The van der Waals surface area contributed by atoms with Gasteiger partial charge in [-0.25, -0.2) is 4.98 Å². The van der Waals surface area contributed by atoms with Crippen LogP contribution in [-0.2, 0) is 6.42 Å². The molecule has 0 aliphatic carbocycles. The van der Waals surface area contributed by atoms with Crippen molar-refractivity contribution in [2.24, 2.45) is 0 Å². The Morgan fingerprint density at radius 1 is 1.18 bits per heavy atom. The maximum atomic E-state index is 6.03. The van der Waals surface area contributed by atoms with Gasteiger partial charge in [0.25, 0.3) is 0 Å². The van der Waals surface area contributed by atoms with Crippen LogP contribution in [0.1, 0.15) is 18.4 Å². The summed E-state index contributed by atoms with van der Waals surface area (Å²) in [5.74, 6) is 0.743. The van der Waals surface area contributed by atoms with Gasteiger partial charge in [-0.3, -0.25) is 0 Å². The molecule has 0 spiro atoms. The van der Waals surface area contributed by atoms with E-state index in [2.05, 4.69) is 45.5 Å². The van der Waals surface area contributed by atoms with Crippen LogP contribution in [0.3, 0.4) is 0 Å². The smallest absolute Gasteiger partial charge is 0.237 e. The second kappa shape index (κ2) is 5.97. The summed E-state index contributed by atoms with van der Waals surface area (Å²) in [6, 6.07) is 13.1. The Morgan fingerprint density at radius 2 is 2.09 bits per heavy atom. The van der Waals surface area contributed by atoms with Crippen molar-refractivity contribution < 1.29 is 4.74 Å². The topological polar surface area (TPSA) is 37.4 Å². The normalized spacial score (nSPS) is 20.2. The largest absolute Gasteiger partial charge is 0.475 e. The molecule has 1 fully saturated rings. The number of benzene rings is 1. The highest BCUT2D eigenvalue weighted by Gasteiger charge is 2.23. The summed E-state index contributed by atoms with van der Waals surface area (Å²) < 4.78 is 6.03. The van der Waals surface area contributed by atoms with Crippen molar-refractivity contribution in [1.29, 1.82) is 0 Å². The molecule has 4 nitrogen and oxygen atoms in total. The molecule has 2 aliphatic heterocycles. The van der Waals surface area contributed by atoms with Crippen LogP contribution in [0.2, 0.25) is 0 Å². The molecule has 1 saturated heterocycles. The van der Waals surface area contributed by atoms with Gasteiger partial charge >= 0.3 is 0 Å². The maximum Gasteiger partial charge on any atom is 0.237 e. The number of hydrogen-bond donors (Lipinski definition) is 1. The van der Waals surface area contributed by atoms with E-state index in [1.54, 1.807) is 0 Å².